The van der Waals surface area contributed by atoms with E-state index in [0.29, 0.717) is 0 Å². The highest BCUT2D eigenvalue weighted by molar-refractivity contribution is 7.19. The number of fused-ring (bicyclic) bond motifs is 3. The molecule has 0 aliphatic carbocycles. The Morgan fingerprint density at radius 3 is 3.13 bits per heavy atom. The van der Waals surface area contributed by atoms with Gasteiger partial charge in [-0.05, 0) is 36.6 Å². The summed E-state index contributed by atoms with van der Waals surface area (Å²) < 4.78 is 14.2. The van der Waals surface area contributed by atoms with Gasteiger partial charge in [-0.25, -0.2) is 4.39 Å². The third-order valence-electron chi connectivity index (χ3n) is 3.00. The van der Waals surface area contributed by atoms with Gasteiger partial charge in [0, 0.05) is 22.7 Å². The van der Waals surface area contributed by atoms with E-state index in [1.54, 1.807) is 23.5 Å². The Hall–Kier alpha value is -0.930. The molecule has 0 spiro atoms. The summed E-state index contributed by atoms with van der Waals surface area (Å²) in [6.45, 7) is 2.12. The van der Waals surface area contributed by atoms with Gasteiger partial charge in [-0.2, -0.15) is 0 Å². The van der Waals surface area contributed by atoms with E-state index in [2.05, 4.69) is 11.9 Å². The second kappa shape index (κ2) is 3.29. The Labute approximate surface area is 92.1 Å². The lowest BCUT2D eigenvalue weighted by molar-refractivity contribution is 0.318. The molecular formula is C12H12FNS. The van der Waals surface area contributed by atoms with Crippen LogP contribution in [-0.4, -0.2) is 18.5 Å². The molecule has 3 rings (SSSR count). The van der Waals surface area contributed by atoms with Crippen molar-refractivity contribution in [1.29, 1.82) is 0 Å². The van der Waals surface area contributed by atoms with Gasteiger partial charge in [0.05, 0.1) is 0 Å². The first kappa shape index (κ1) is 9.31. The van der Waals surface area contributed by atoms with Crippen molar-refractivity contribution in [1.82, 2.24) is 4.90 Å². The van der Waals surface area contributed by atoms with Crippen molar-refractivity contribution >= 4 is 21.4 Å². The topological polar surface area (TPSA) is 3.24 Å². The Morgan fingerprint density at radius 2 is 2.27 bits per heavy atom. The molecular weight excluding hydrogens is 209 g/mol. The first-order valence-corrected chi connectivity index (χ1v) is 5.94. The SMILES string of the molecule is CN1CCc2c(sc3cc(F)ccc23)C1. The largest absolute Gasteiger partial charge is 0.301 e. The minimum atomic E-state index is -0.130. The molecule has 0 amide bonds. The van der Waals surface area contributed by atoms with E-state index in [9.17, 15) is 4.39 Å². The zero-order chi connectivity index (χ0) is 10.4. The standard InChI is InChI=1S/C12H12FNS/c1-14-5-4-10-9-3-2-8(13)6-11(9)15-12(10)7-14/h2-3,6H,4-5,7H2,1H3. The van der Waals surface area contributed by atoms with Gasteiger partial charge < -0.3 is 4.90 Å². The molecule has 15 heavy (non-hydrogen) atoms. The maximum absolute atomic E-state index is 13.1. The van der Waals surface area contributed by atoms with Crippen LogP contribution in [0.15, 0.2) is 18.2 Å². The van der Waals surface area contributed by atoms with Crippen LogP contribution in [0.3, 0.4) is 0 Å². The summed E-state index contributed by atoms with van der Waals surface area (Å²) in [6, 6.07) is 5.14. The molecule has 0 fully saturated rings. The molecule has 0 unspecified atom stereocenters. The number of halogens is 1. The smallest absolute Gasteiger partial charge is 0.124 e. The molecule has 2 heterocycles. The van der Waals surface area contributed by atoms with Gasteiger partial charge in [-0.3, -0.25) is 0 Å². The van der Waals surface area contributed by atoms with Crippen molar-refractivity contribution in [3.8, 4) is 0 Å². The summed E-state index contributed by atoms with van der Waals surface area (Å²) in [6.07, 6.45) is 1.09. The molecule has 0 saturated carbocycles. The summed E-state index contributed by atoms with van der Waals surface area (Å²) in [5, 5.41) is 1.25. The summed E-state index contributed by atoms with van der Waals surface area (Å²) in [5.74, 6) is -0.130. The van der Waals surface area contributed by atoms with Gasteiger partial charge in [-0.1, -0.05) is 6.07 Å². The Bertz CT molecular complexity index is 518. The van der Waals surface area contributed by atoms with Crippen LogP contribution in [0.2, 0.25) is 0 Å². The molecule has 0 N–H and O–H groups in total. The Kier molecular flexibility index (Phi) is 2.04. The van der Waals surface area contributed by atoms with Gasteiger partial charge in [0.1, 0.15) is 5.82 Å². The maximum Gasteiger partial charge on any atom is 0.124 e. The Balaban J connectivity index is 2.23. The highest BCUT2D eigenvalue weighted by atomic mass is 32.1. The monoisotopic (exact) mass is 221 g/mol. The molecule has 1 nitrogen and oxygen atoms in total. The summed E-state index contributed by atoms with van der Waals surface area (Å²) in [4.78, 5) is 3.72. The fourth-order valence-corrected chi connectivity index (χ4v) is 3.56. The second-order valence-electron chi connectivity index (χ2n) is 4.13. The molecule has 1 aromatic heterocycles. The third-order valence-corrected chi connectivity index (χ3v) is 4.18. The molecule has 1 aliphatic rings. The normalized spacial score (nSPS) is 16.9. The van der Waals surface area contributed by atoms with Gasteiger partial charge >= 0.3 is 0 Å². The number of benzene rings is 1. The number of thiophene rings is 1. The van der Waals surface area contributed by atoms with Crippen LogP contribution in [0.25, 0.3) is 10.1 Å². The first-order valence-electron chi connectivity index (χ1n) is 5.12. The van der Waals surface area contributed by atoms with Gasteiger partial charge in [0.2, 0.25) is 0 Å². The van der Waals surface area contributed by atoms with Gasteiger partial charge in [0.15, 0.2) is 0 Å². The van der Waals surface area contributed by atoms with Crippen LogP contribution in [0.5, 0.6) is 0 Å². The highest BCUT2D eigenvalue weighted by Crippen LogP contribution is 2.35. The number of hydrogen-bond acceptors (Lipinski definition) is 2. The van der Waals surface area contributed by atoms with Crippen LogP contribution in [0.4, 0.5) is 4.39 Å². The lowest BCUT2D eigenvalue weighted by Gasteiger charge is -2.21. The fourth-order valence-electron chi connectivity index (χ4n) is 2.20. The lowest BCUT2D eigenvalue weighted by Crippen LogP contribution is -2.25. The van der Waals surface area contributed by atoms with Crippen LogP contribution >= 0.6 is 11.3 Å². The zero-order valence-corrected chi connectivity index (χ0v) is 9.40. The van der Waals surface area contributed by atoms with E-state index in [1.165, 1.54) is 15.8 Å². The van der Waals surface area contributed by atoms with E-state index in [4.69, 9.17) is 0 Å². The number of likely N-dealkylation sites (N-methyl/N-ethyl adjacent to an activating group) is 1. The zero-order valence-electron chi connectivity index (χ0n) is 8.59. The van der Waals surface area contributed by atoms with Crippen LogP contribution < -0.4 is 0 Å². The molecule has 0 radical (unpaired) electrons. The minimum Gasteiger partial charge on any atom is -0.301 e. The molecule has 78 valence electrons. The maximum atomic E-state index is 13.1. The number of nitrogens with zero attached hydrogens (tertiary/aromatic N) is 1. The van der Waals surface area contributed by atoms with Crippen molar-refractivity contribution < 1.29 is 4.39 Å². The van der Waals surface area contributed by atoms with Crippen LogP contribution in [0.1, 0.15) is 10.4 Å². The predicted molar refractivity (Wildman–Crippen MR) is 61.8 cm³/mol. The lowest BCUT2D eigenvalue weighted by atomic mass is 10.0. The average molecular weight is 221 g/mol. The van der Waals surface area contributed by atoms with Gasteiger partial charge in [-0.15, -0.1) is 11.3 Å². The molecule has 3 heteroatoms. The van der Waals surface area contributed by atoms with E-state index in [0.717, 1.165) is 24.2 Å². The molecule has 1 aliphatic heterocycles. The molecule has 0 bridgehead atoms. The summed E-state index contributed by atoms with van der Waals surface area (Å²) >= 11 is 1.74. The predicted octanol–water partition coefficient (Wildman–Crippen LogP) is 3.03. The van der Waals surface area contributed by atoms with Crippen molar-refractivity contribution in [3.63, 3.8) is 0 Å². The van der Waals surface area contributed by atoms with Crippen molar-refractivity contribution in [2.45, 2.75) is 13.0 Å². The quantitative estimate of drug-likeness (QED) is 0.661. The molecule has 0 atom stereocenters. The van der Waals surface area contributed by atoms with Crippen molar-refractivity contribution in [2.24, 2.45) is 0 Å². The summed E-state index contributed by atoms with van der Waals surface area (Å²) in [7, 11) is 2.13. The number of rotatable bonds is 0. The van der Waals surface area contributed by atoms with E-state index in [1.807, 2.05) is 6.07 Å². The van der Waals surface area contributed by atoms with E-state index >= 15 is 0 Å². The molecule has 1 aromatic carbocycles. The molecule has 0 saturated heterocycles. The fraction of sp³-hybridized carbons (Fsp3) is 0.333. The Morgan fingerprint density at radius 1 is 1.40 bits per heavy atom. The average Bonchev–Trinajstić information content (AvgIpc) is 2.53. The van der Waals surface area contributed by atoms with Crippen molar-refractivity contribution in [3.05, 3.63) is 34.5 Å². The summed E-state index contributed by atoms with van der Waals surface area (Å²) in [5.41, 5.74) is 1.44. The van der Waals surface area contributed by atoms with E-state index in [-0.39, 0.29) is 5.82 Å². The van der Waals surface area contributed by atoms with Crippen molar-refractivity contribution in [2.75, 3.05) is 13.6 Å². The highest BCUT2D eigenvalue weighted by Gasteiger charge is 2.18. The third kappa shape index (κ3) is 1.46. The van der Waals surface area contributed by atoms with E-state index < -0.39 is 0 Å². The van der Waals surface area contributed by atoms with Crippen LogP contribution in [-0.2, 0) is 13.0 Å². The van der Waals surface area contributed by atoms with Crippen LogP contribution in [0, 0.1) is 5.82 Å². The minimum absolute atomic E-state index is 0.130. The first-order chi connectivity index (χ1) is 7.24. The second-order valence-corrected chi connectivity index (χ2v) is 5.27. The molecule has 2 aromatic rings. The van der Waals surface area contributed by atoms with Gasteiger partial charge in [0.25, 0.3) is 0 Å². The number of hydrogen-bond donors (Lipinski definition) is 0.